The summed E-state index contributed by atoms with van der Waals surface area (Å²) in [6.45, 7) is 4.54. The topological polar surface area (TPSA) is 24.9 Å². The molecule has 0 aliphatic carbocycles. The fourth-order valence-corrected chi connectivity index (χ4v) is 2.63. The van der Waals surface area contributed by atoms with Crippen LogP contribution in [0.3, 0.4) is 0 Å². The molecule has 0 aliphatic heterocycles. The van der Waals surface area contributed by atoms with E-state index in [-0.39, 0.29) is 0 Å². The van der Waals surface area contributed by atoms with Crippen molar-refractivity contribution in [2.45, 2.75) is 58.4 Å². The van der Waals surface area contributed by atoms with Crippen LogP contribution in [0.4, 0.5) is 5.69 Å². The molecule has 2 nitrogen and oxygen atoms in total. The van der Waals surface area contributed by atoms with Crippen LogP contribution in [0.15, 0.2) is 36.7 Å². The van der Waals surface area contributed by atoms with Gasteiger partial charge in [-0.3, -0.25) is 4.98 Å². The molecule has 2 aromatic rings. The molecule has 0 saturated heterocycles. The number of benzene rings is 1. The molecule has 1 heterocycles. The lowest BCUT2D eigenvalue weighted by Crippen LogP contribution is -2.15. The molecule has 2 heteroatoms. The molecule has 0 fully saturated rings. The van der Waals surface area contributed by atoms with Gasteiger partial charge in [0.2, 0.25) is 0 Å². The summed E-state index contributed by atoms with van der Waals surface area (Å²) in [5.74, 6) is 0. The smallest absolute Gasteiger partial charge is 0.0437 e. The van der Waals surface area contributed by atoms with Gasteiger partial charge in [-0.15, -0.1) is 0 Å². The van der Waals surface area contributed by atoms with Gasteiger partial charge >= 0.3 is 0 Å². The fourth-order valence-electron chi connectivity index (χ4n) is 2.63. The number of fused-ring (bicyclic) bond motifs is 1. The van der Waals surface area contributed by atoms with Gasteiger partial charge in [0, 0.05) is 29.5 Å². The molecular weight excluding hydrogens is 244 g/mol. The van der Waals surface area contributed by atoms with Crippen molar-refractivity contribution >= 4 is 16.5 Å². The van der Waals surface area contributed by atoms with E-state index in [1.165, 1.54) is 55.0 Å². The van der Waals surface area contributed by atoms with Gasteiger partial charge in [-0.2, -0.15) is 0 Å². The Labute approximate surface area is 122 Å². The van der Waals surface area contributed by atoms with Crippen LogP contribution in [0.1, 0.15) is 52.4 Å². The van der Waals surface area contributed by atoms with Crippen LogP contribution in [-0.4, -0.2) is 11.0 Å². The quantitative estimate of drug-likeness (QED) is 0.650. The van der Waals surface area contributed by atoms with E-state index >= 15 is 0 Å². The van der Waals surface area contributed by atoms with E-state index in [0.29, 0.717) is 6.04 Å². The highest BCUT2D eigenvalue weighted by Gasteiger charge is 2.05. The Morgan fingerprint density at radius 1 is 1.10 bits per heavy atom. The molecule has 0 spiro atoms. The first-order valence-corrected chi connectivity index (χ1v) is 7.90. The van der Waals surface area contributed by atoms with Crippen molar-refractivity contribution in [1.29, 1.82) is 0 Å². The predicted molar refractivity (Wildman–Crippen MR) is 88.2 cm³/mol. The number of unbranched alkanes of at least 4 members (excludes halogenated alkanes) is 4. The van der Waals surface area contributed by atoms with Crippen molar-refractivity contribution in [2.75, 3.05) is 5.32 Å². The first-order chi connectivity index (χ1) is 9.81. The van der Waals surface area contributed by atoms with Gasteiger partial charge in [0.25, 0.3) is 0 Å². The van der Waals surface area contributed by atoms with Crippen molar-refractivity contribution in [3.05, 3.63) is 36.7 Å². The maximum atomic E-state index is 4.24. The number of hydrogen-bond acceptors (Lipinski definition) is 2. The molecule has 1 atom stereocenters. The fraction of sp³-hybridized carbons (Fsp3) is 0.500. The highest BCUT2D eigenvalue weighted by Crippen LogP contribution is 2.23. The number of hydrogen-bond donors (Lipinski definition) is 1. The van der Waals surface area contributed by atoms with Crippen molar-refractivity contribution in [3.8, 4) is 0 Å². The first kappa shape index (κ1) is 14.8. The van der Waals surface area contributed by atoms with Crippen LogP contribution in [0, 0.1) is 0 Å². The highest BCUT2D eigenvalue weighted by molar-refractivity contribution is 5.93. The molecule has 0 amide bonds. The Kier molecular flexibility index (Phi) is 5.85. The second-order valence-electron chi connectivity index (χ2n) is 5.65. The summed E-state index contributed by atoms with van der Waals surface area (Å²) in [6, 6.07) is 8.98. The van der Waals surface area contributed by atoms with Gasteiger partial charge in [-0.05, 0) is 30.9 Å². The summed E-state index contributed by atoms with van der Waals surface area (Å²) in [5, 5.41) is 6.10. The minimum atomic E-state index is 0.516. The third kappa shape index (κ3) is 4.22. The Bertz CT molecular complexity index is 516. The van der Waals surface area contributed by atoms with Crippen molar-refractivity contribution in [3.63, 3.8) is 0 Å². The Balaban J connectivity index is 1.88. The number of pyridine rings is 1. The van der Waals surface area contributed by atoms with Gasteiger partial charge < -0.3 is 5.32 Å². The zero-order chi connectivity index (χ0) is 14.2. The molecule has 1 aromatic carbocycles. The highest BCUT2D eigenvalue weighted by atomic mass is 14.9. The van der Waals surface area contributed by atoms with Crippen LogP contribution in [0.5, 0.6) is 0 Å². The van der Waals surface area contributed by atoms with E-state index in [0.717, 1.165) is 0 Å². The van der Waals surface area contributed by atoms with Gasteiger partial charge in [-0.25, -0.2) is 0 Å². The van der Waals surface area contributed by atoms with Crippen LogP contribution >= 0.6 is 0 Å². The van der Waals surface area contributed by atoms with E-state index in [4.69, 9.17) is 0 Å². The Morgan fingerprint density at radius 2 is 1.95 bits per heavy atom. The molecule has 1 aromatic heterocycles. The lowest BCUT2D eigenvalue weighted by atomic mass is 10.1. The SMILES string of the molecule is CCCCCCCC(C)Nc1cccc2ccncc12. The van der Waals surface area contributed by atoms with Crippen molar-refractivity contribution in [1.82, 2.24) is 4.98 Å². The zero-order valence-electron chi connectivity index (χ0n) is 12.7. The molecule has 0 bridgehead atoms. The second-order valence-corrected chi connectivity index (χ2v) is 5.65. The summed E-state index contributed by atoms with van der Waals surface area (Å²) in [5.41, 5.74) is 1.21. The second kappa shape index (κ2) is 7.88. The molecule has 0 radical (unpaired) electrons. The minimum absolute atomic E-state index is 0.516. The van der Waals surface area contributed by atoms with E-state index in [1.807, 2.05) is 12.4 Å². The zero-order valence-corrected chi connectivity index (χ0v) is 12.7. The maximum Gasteiger partial charge on any atom is 0.0437 e. The number of anilines is 1. The summed E-state index contributed by atoms with van der Waals surface area (Å²) in [7, 11) is 0. The lowest BCUT2D eigenvalue weighted by Gasteiger charge is -2.16. The number of nitrogens with one attached hydrogen (secondary N) is 1. The van der Waals surface area contributed by atoms with Gasteiger partial charge in [0.05, 0.1) is 0 Å². The normalized spacial score (nSPS) is 12.5. The van der Waals surface area contributed by atoms with Crippen molar-refractivity contribution in [2.24, 2.45) is 0 Å². The third-order valence-corrected chi connectivity index (χ3v) is 3.83. The average molecular weight is 270 g/mol. The van der Waals surface area contributed by atoms with Crippen molar-refractivity contribution < 1.29 is 0 Å². The molecular formula is C18H26N2. The Hall–Kier alpha value is -1.57. The predicted octanol–water partition coefficient (Wildman–Crippen LogP) is 5.40. The largest absolute Gasteiger partial charge is 0.382 e. The maximum absolute atomic E-state index is 4.24. The summed E-state index contributed by atoms with van der Waals surface area (Å²) in [6.07, 6.45) is 11.8. The van der Waals surface area contributed by atoms with Gasteiger partial charge in [0.15, 0.2) is 0 Å². The van der Waals surface area contributed by atoms with Crippen LogP contribution in [-0.2, 0) is 0 Å². The molecule has 0 saturated carbocycles. The lowest BCUT2D eigenvalue weighted by molar-refractivity contribution is 0.579. The average Bonchev–Trinajstić information content (AvgIpc) is 2.47. The van der Waals surface area contributed by atoms with Gasteiger partial charge in [-0.1, -0.05) is 51.2 Å². The molecule has 108 valence electrons. The van der Waals surface area contributed by atoms with E-state index in [1.54, 1.807) is 0 Å². The number of nitrogens with zero attached hydrogens (tertiary/aromatic N) is 1. The standard InChI is InChI=1S/C18H26N2/c1-3-4-5-6-7-9-15(2)20-18-11-8-10-16-12-13-19-14-17(16)18/h8,10-15,20H,3-7,9H2,1-2H3. The van der Waals surface area contributed by atoms with Crippen LogP contribution < -0.4 is 5.32 Å². The summed E-state index contributed by atoms with van der Waals surface area (Å²) < 4.78 is 0. The molecule has 2 rings (SSSR count). The first-order valence-electron chi connectivity index (χ1n) is 7.90. The summed E-state index contributed by atoms with van der Waals surface area (Å²) in [4.78, 5) is 4.24. The van der Waals surface area contributed by atoms with E-state index in [9.17, 15) is 0 Å². The minimum Gasteiger partial charge on any atom is -0.382 e. The molecule has 1 unspecified atom stereocenters. The summed E-state index contributed by atoms with van der Waals surface area (Å²) >= 11 is 0. The van der Waals surface area contributed by atoms with E-state index in [2.05, 4.69) is 48.4 Å². The van der Waals surface area contributed by atoms with Gasteiger partial charge in [0.1, 0.15) is 0 Å². The number of rotatable bonds is 8. The monoisotopic (exact) mass is 270 g/mol. The third-order valence-electron chi connectivity index (χ3n) is 3.83. The Morgan fingerprint density at radius 3 is 2.80 bits per heavy atom. The molecule has 0 aliphatic rings. The molecule has 20 heavy (non-hydrogen) atoms. The van der Waals surface area contributed by atoms with E-state index < -0.39 is 0 Å². The molecule has 1 N–H and O–H groups in total. The van der Waals surface area contributed by atoms with Crippen LogP contribution in [0.2, 0.25) is 0 Å². The number of aromatic nitrogens is 1. The van der Waals surface area contributed by atoms with Crippen LogP contribution in [0.25, 0.3) is 10.8 Å².